The molecule has 1 aliphatic heterocycles. The van der Waals surface area contributed by atoms with Crippen molar-refractivity contribution in [1.82, 2.24) is 0 Å². The number of nitrogens with one attached hydrogen (secondary N) is 1. The Morgan fingerprint density at radius 1 is 1.47 bits per heavy atom. The number of anilines is 1. The van der Waals surface area contributed by atoms with Gasteiger partial charge in [-0.1, -0.05) is 0 Å². The van der Waals surface area contributed by atoms with Crippen LogP contribution in [0.5, 0.6) is 0 Å². The van der Waals surface area contributed by atoms with Gasteiger partial charge in [0, 0.05) is 6.04 Å². The van der Waals surface area contributed by atoms with Crippen molar-refractivity contribution < 1.29 is 12.8 Å². The van der Waals surface area contributed by atoms with Gasteiger partial charge in [-0.15, -0.1) is 0 Å². The maximum atomic E-state index is 13.1. The van der Waals surface area contributed by atoms with Gasteiger partial charge in [-0.3, -0.25) is 0 Å². The predicted octanol–water partition coefficient (Wildman–Crippen LogP) is 1.13. The first-order chi connectivity index (χ1) is 8.03. The predicted molar refractivity (Wildman–Crippen MR) is 64.2 cm³/mol. The van der Waals surface area contributed by atoms with Crippen molar-refractivity contribution in [2.75, 3.05) is 17.6 Å². The second kappa shape index (κ2) is 4.62. The maximum absolute atomic E-state index is 13.1. The molecule has 1 atom stereocenters. The summed E-state index contributed by atoms with van der Waals surface area (Å²) in [4.78, 5) is 0.183. The molecule has 94 valence electrons. The van der Waals surface area contributed by atoms with E-state index in [2.05, 4.69) is 5.32 Å². The second-order valence-corrected chi connectivity index (χ2v) is 6.20. The van der Waals surface area contributed by atoms with Crippen LogP contribution in [0.3, 0.4) is 0 Å². The fourth-order valence-electron chi connectivity index (χ4n) is 2.02. The van der Waals surface area contributed by atoms with Gasteiger partial charge in [0.2, 0.25) is 0 Å². The van der Waals surface area contributed by atoms with Gasteiger partial charge < -0.3 is 11.1 Å². The quantitative estimate of drug-likeness (QED) is 0.797. The average molecular weight is 258 g/mol. The molecule has 1 heterocycles. The van der Waals surface area contributed by atoms with Crippen molar-refractivity contribution in [2.24, 2.45) is 5.73 Å². The number of benzene rings is 1. The molecule has 0 saturated heterocycles. The van der Waals surface area contributed by atoms with Crippen LogP contribution in [-0.4, -0.2) is 26.8 Å². The van der Waals surface area contributed by atoms with E-state index >= 15 is 0 Å². The molecule has 3 N–H and O–H groups in total. The van der Waals surface area contributed by atoms with Gasteiger partial charge in [-0.25, -0.2) is 12.8 Å². The lowest BCUT2D eigenvalue weighted by molar-refractivity contribution is 0.573. The smallest absolute Gasteiger partial charge is 0.182 e. The normalized spacial score (nSPS) is 21.6. The molecule has 0 saturated carbocycles. The summed E-state index contributed by atoms with van der Waals surface area (Å²) >= 11 is 0. The van der Waals surface area contributed by atoms with Crippen molar-refractivity contribution in [3.8, 4) is 0 Å². The molecule has 1 unspecified atom stereocenters. The van der Waals surface area contributed by atoms with Crippen LogP contribution in [0.1, 0.15) is 12.8 Å². The van der Waals surface area contributed by atoms with Crippen molar-refractivity contribution in [1.29, 1.82) is 0 Å². The zero-order chi connectivity index (χ0) is 12.5. The van der Waals surface area contributed by atoms with Gasteiger partial charge in [0.1, 0.15) is 5.82 Å². The summed E-state index contributed by atoms with van der Waals surface area (Å²) in [6.07, 6.45) is 1.42. The van der Waals surface area contributed by atoms with Crippen molar-refractivity contribution in [2.45, 2.75) is 23.8 Å². The number of sulfone groups is 1. The highest BCUT2D eigenvalue weighted by Crippen LogP contribution is 2.30. The summed E-state index contributed by atoms with van der Waals surface area (Å²) in [5.41, 5.74) is 5.75. The Kier molecular flexibility index (Phi) is 3.35. The van der Waals surface area contributed by atoms with Crippen LogP contribution in [0.15, 0.2) is 23.1 Å². The van der Waals surface area contributed by atoms with Gasteiger partial charge in [0.05, 0.1) is 16.3 Å². The van der Waals surface area contributed by atoms with Gasteiger partial charge in [0.15, 0.2) is 9.84 Å². The molecule has 0 fully saturated rings. The first-order valence-electron chi connectivity index (χ1n) is 5.52. The third kappa shape index (κ3) is 2.58. The largest absolute Gasteiger partial charge is 0.380 e. The van der Waals surface area contributed by atoms with E-state index < -0.39 is 15.7 Å². The Morgan fingerprint density at radius 2 is 2.24 bits per heavy atom. The number of hydrogen-bond acceptors (Lipinski definition) is 4. The number of halogens is 1. The van der Waals surface area contributed by atoms with Gasteiger partial charge in [-0.2, -0.15) is 0 Å². The first kappa shape index (κ1) is 12.3. The lowest BCUT2D eigenvalue weighted by Crippen LogP contribution is -2.34. The fourth-order valence-corrected chi connectivity index (χ4v) is 3.71. The number of rotatable bonds is 3. The summed E-state index contributed by atoms with van der Waals surface area (Å²) in [6, 6.07) is 3.52. The fraction of sp³-hybridized carbons (Fsp3) is 0.455. The summed E-state index contributed by atoms with van der Waals surface area (Å²) in [6.45, 7) is 0.522. The van der Waals surface area contributed by atoms with Crippen molar-refractivity contribution in [3.63, 3.8) is 0 Å². The third-order valence-corrected chi connectivity index (χ3v) is 4.68. The Bertz CT molecular complexity index is 516. The van der Waals surface area contributed by atoms with Crippen LogP contribution in [0, 0.1) is 5.82 Å². The molecular weight excluding hydrogens is 243 g/mol. The van der Waals surface area contributed by atoms with E-state index in [4.69, 9.17) is 5.73 Å². The molecule has 1 aromatic carbocycles. The van der Waals surface area contributed by atoms with Crippen molar-refractivity contribution in [3.05, 3.63) is 24.0 Å². The van der Waals surface area contributed by atoms with Crippen LogP contribution >= 0.6 is 0 Å². The molecule has 0 aliphatic carbocycles. The van der Waals surface area contributed by atoms with E-state index in [1.165, 1.54) is 12.1 Å². The van der Waals surface area contributed by atoms with E-state index in [9.17, 15) is 12.8 Å². The first-order valence-corrected chi connectivity index (χ1v) is 7.17. The maximum Gasteiger partial charge on any atom is 0.182 e. The van der Waals surface area contributed by atoms with Crippen LogP contribution < -0.4 is 11.1 Å². The molecule has 0 amide bonds. The third-order valence-electron chi connectivity index (χ3n) is 2.81. The minimum absolute atomic E-state index is 0.0473. The standard InChI is InChI=1S/C11H15FN2O2S/c12-8-3-4-11-10(6-8)14-9(2-1-5-13)7-17(11,15)16/h3-4,6,9,14H,1-2,5,7,13H2. The Balaban J connectivity index is 2.32. The minimum Gasteiger partial charge on any atom is -0.380 e. The van der Waals surface area contributed by atoms with Crippen LogP contribution in [-0.2, 0) is 9.84 Å². The lowest BCUT2D eigenvalue weighted by Gasteiger charge is -2.26. The van der Waals surface area contributed by atoms with Crippen LogP contribution in [0.25, 0.3) is 0 Å². The zero-order valence-electron chi connectivity index (χ0n) is 9.32. The highest BCUT2D eigenvalue weighted by molar-refractivity contribution is 7.91. The SMILES string of the molecule is NCCCC1CS(=O)(=O)c2ccc(F)cc2N1. The van der Waals surface area contributed by atoms with Gasteiger partial charge >= 0.3 is 0 Å². The molecule has 2 rings (SSSR count). The molecule has 6 heteroatoms. The highest BCUT2D eigenvalue weighted by Gasteiger charge is 2.29. The van der Waals surface area contributed by atoms with Crippen molar-refractivity contribution >= 4 is 15.5 Å². The molecule has 4 nitrogen and oxygen atoms in total. The molecule has 0 spiro atoms. The summed E-state index contributed by atoms with van der Waals surface area (Å²) in [5.74, 6) is -0.392. The van der Waals surface area contributed by atoms with Crippen LogP contribution in [0.4, 0.5) is 10.1 Å². The highest BCUT2D eigenvalue weighted by atomic mass is 32.2. The summed E-state index contributed by atoms with van der Waals surface area (Å²) in [7, 11) is -3.31. The Hall–Kier alpha value is -1.14. The average Bonchev–Trinajstić information content (AvgIpc) is 2.24. The van der Waals surface area contributed by atoms with Gasteiger partial charge in [0.25, 0.3) is 0 Å². The molecular formula is C11H15FN2O2S. The minimum atomic E-state index is -3.31. The van der Waals surface area contributed by atoms with E-state index in [-0.39, 0.29) is 16.7 Å². The molecule has 0 bridgehead atoms. The number of nitrogens with two attached hydrogens (primary N) is 1. The van der Waals surface area contributed by atoms with E-state index in [1.807, 2.05) is 0 Å². The molecule has 0 aromatic heterocycles. The zero-order valence-corrected chi connectivity index (χ0v) is 10.1. The van der Waals surface area contributed by atoms with E-state index in [1.54, 1.807) is 0 Å². The summed E-state index contributed by atoms with van der Waals surface area (Å²) < 4.78 is 37.0. The molecule has 0 radical (unpaired) electrons. The second-order valence-electron chi connectivity index (χ2n) is 4.19. The van der Waals surface area contributed by atoms with Gasteiger partial charge in [-0.05, 0) is 37.6 Å². The lowest BCUT2D eigenvalue weighted by atomic mass is 10.1. The Labute approximate surface area is 99.9 Å². The summed E-state index contributed by atoms with van der Waals surface area (Å²) in [5, 5.41) is 3.05. The van der Waals surface area contributed by atoms with E-state index in [0.717, 1.165) is 12.5 Å². The molecule has 1 aromatic rings. The topological polar surface area (TPSA) is 72.2 Å². The monoisotopic (exact) mass is 258 g/mol. The number of fused-ring (bicyclic) bond motifs is 1. The molecule has 1 aliphatic rings. The number of hydrogen-bond donors (Lipinski definition) is 2. The molecule has 17 heavy (non-hydrogen) atoms. The van der Waals surface area contributed by atoms with E-state index in [0.29, 0.717) is 18.7 Å². The Morgan fingerprint density at radius 3 is 2.94 bits per heavy atom. The van der Waals surface area contributed by atoms with Crippen LogP contribution in [0.2, 0.25) is 0 Å².